The lowest BCUT2D eigenvalue weighted by atomic mass is 10.0. The van der Waals surface area contributed by atoms with Gasteiger partial charge in [-0.05, 0) is 56.5 Å². The molecule has 4 heterocycles. The molecule has 0 spiro atoms. The van der Waals surface area contributed by atoms with Crippen molar-refractivity contribution >= 4 is 28.7 Å². The number of carbonyl (C=O) groups excluding carboxylic acids is 1. The van der Waals surface area contributed by atoms with E-state index < -0.39 is 23.8 Å². The summed E-state index contributed by atoms with van der Waals surface area (Å²) in [6.07, 6.45) is 0.261. The molecule has 11 heteroatoms. The Kier molecular flexibility index (Phi) is 5.66. The second kappa shape index (κ2) is 8.93. The molecule has 2 aromatic carbocycles. The van der Waals surface area contributed by atoms with Crippen LogP contribution >= 0.6 is 0 Å². The number of anilines is 1. The standard InChI is InChI=1S/C27H25F2N5O4/c1-14-25(15(2)38-31-14)16-3-6-22-21(11-16)30-26(34(22)18-9-10-32(13-18)27(36)37)23-7-8-24(35)33(23)17-4-5-19(28)20(29)12-17/h3-6,11-12,18,23H,7-10,13H2,1-2H3,(H,36,37). The quantitative estimate of drug-likeness (QED) is 0.387. The lowest BCUT2D eigenvalue weighted by molar-refractivity contribution is -0.117. The summed E-state index contributed by atoms with van der Waals surface area (Å²) in [6.45, 7) is 4.37. The Morgan fingerprint density at radius 3 is 2.61 bits per heavy atom. The number of likely N-dealkylation sites (tertiary alicyclic amines) is 1. The molecule has 2 aliphatic heterocycles. The number of hydrogen-bond acceptors (Lipinski definition) is 5. The topological polar surface area (TPSA) is 105 Å². The number of halogens is 2. The maximum Gasteiger partial charge on any atom is 0.407 e. The van der Waals surface area contributed by atoms with E-state index in [1.165, 1.54) is 15.9 Å². The second-order valence-corrected chi connectivity index (χ2v) is 9.83. The normalized spacial score (nSPS) is 19.7. The highest BCUT2D eigenvalue weighted by atomic mass is 19.2. The molecule has 0 aliphatic carbocycles. The molecule has 38 heavy (non-hydrogen) atoms. The van der Waals surface area contributed by atoms with Crippen LogP contribution in [0.2, 0.25) is 0 Å². The zero-order valence-corrected chi connectivity index (χ0v) is 20.8. The van der Waals surface area contributed by atoms with Crippen LogP contribution in [0.5, 0.6) is 0 Å². The van der Waals surface area contributed by atoms with Gasteiger partial charge in [-0.25, -0.2) is 18.6 Å². The smallest absolute Gasteiger partial charge is 0.407 e. The van der Waals surface area contributed by atoms with Crippen LogP contribution in [0.4, 0.5) is 19.3 Å². The number of benzene rings is 2. The van der Waals surface area contributed by atoms with Gasteiger partial charge in [0.1, 0.15) is 11.6 Å². The fourth-order valence-electron chi connectivity index (χ4n) is 5.80. The van der Waals surface area contributed by atoms with E-state index in [9.17, 15) is 23.5 Å². The molecule has 0 saturated carbocycles. The molecule has 2 atom stereocenters. The van der Waals surface area contributed by atoms with Crippen molar-refractivity contribution in [2.24, 2.45) is 0 Å². The van der Waals surface area contributed by atoms with Crippen molar-refractivity contribution < 1.29 is 28.0 Å². The Balaban J connectivity index is 1.51. The summed E-state index contributed by atoms with van der Waals surface area (Å²) in [5, 5.41) is 13.6. The third kappa shape index (κ3) is 3.80. The van der Waals surface area contributed by atoms with Gasteiger partial charge in [0.2, 0.25) is 5.91 Å². The van der Waals surface area contributed by atoms with E-state index in [0.29, 0.717) is 36.5 Å². The Hall–Kier alpha value is -4.28. The van der Waals surface area contributed by atoms with Gasteiger partial charge < -0.3 is 24.0 Å². The number of carbonyl (C=O) groups is 2. The third-order valence-corrected chi connectivity index (χ3v) is 7.53. The van der Waals surface area contributed by atoms with Crippen LogP contribution in [-0.2, 0) is 4.79 Å². The summed E-state index contributed by atoms with van der Waals surface area (Å²) in [4.78, 5) is 32.5. The summed E-state index contributed by atoms with van der Waals surface area (Å²) in [7, 11) is 0. The summed E-state index contributed by atoms with van der Waals surface area (Å²) in [5.41, 5.74) is 4.24. The van der Waals surface area contributed by atoms with Crippen LogP contribution < -0.4 is 4.90 Å². The largest absolute Gasteiger partial charge is 0.465 e. The Morgan fingerprint density at radius 2 is 1.92 bits per heavy atom. The predicted octanol–water partition coefficient (Wildman–Crippen LogP) is 5.38. The molecule has 2 amide bonds. The van der Waals surface area contributed by atoms with E-state index in [1.54, 1.807) is 0 Å². The minimum absolute atomic E-state index is 0.196. The van der Waals surface area contributed by atoms with Crippen LogP contribution in [0.25, 0.3) is 22.2 Å². The summed E-state index contributed by atoms with van der Waals surface area (Å²) < 4.78 is 35.2. The molecule has 6 rings (SSSR count). The van der Waals surface area contributed by atoms with E-state index in [1.807, 2.05) is 36.6 Å². The van der Waals surface area contributed by atoms with Crippen LogP contribution in [0.1, 0.15) is 48.6 Å². The number of hydrogen-bond donors (Lipinski definition) is 1. The van der Waals surface area contributed by atoms with Gasteiger partial charge in [-0.2, -0.15) is 0 Å². The van der Waals surface area contributed by atoms with Crippen molar-refractivity contribution in [2.45, 2.75) is 45.2 Å². The van der Waals surface area contributed by atoms with Gasteiger partial charge in [0.15, 0.2) is 11.6 Å². The predicted molar refractivity (Wildman–Crippen MR) is 134 cm³/mol. The molecule has 2 saturated heterocycles. The Bertz CT molecular complexity index is 1580. The van der Waals surface area contributed by atoms with Gasteiger partial charge in [-0.3, -0.25) is 4.79 Å². The van der Waals surface area contributed by atoms with Crippen molar-refractivity contribution in [3.63, 3.8) is 0 Å². The van der Waals surface area contributed by atoms with Crippen molar-refractivity contribution in [1.29, 1.82) is 0 Å². The number of nitrogens with zero attached hydrogens (tertiary/aromatic N) is 5. The molecule has 196 valence electrons. The van der Waals surface area contributed by atoms with Gasteiger partial charge in [-0.15, -0.1) is 0 Å². The zero-order chi connectivity index (χ0) is 26.7. The number of rotatable bonds is 4. The van der Waals surface area contributed by atoms with Gasteiger partial charge in [0, 0.05) is 36.8 Å². The summed E-state index contributed by atoms with van der Waals surface area (Å²) in [5.74, 6) is -0.971. The highest BCUT2D eigenvalue weighted by Crippen LogP contribution is 2.41. The molecule has 0 bridgehead atoms. The second-order valence-electron chi connectivity index (χ2n) is 9.83. The first-order valence-corrected chi connectivity index (χ1v) is 12.4. The fraction of sp³-hybridized carbons (Fsp3) is 0.333. The van der Waals surface area contributed by atoms with Gasteiger partial charge in [0.25, 0.3) is 0 Å². The molecular weight excluding hydrogens is 496 g/mol. The van der Waals surface area contributed by atoms with Gasteiger partial charge >= 0.3 is 6.09 Å². The first kappa shape index (κ1) is 24.1. The average molecular weight is 522 g/mol. The first-order chi connectivity index (χ1) is 18.2. The molecule has 9 nitrogen and oxygen atoms in total. The maximum atomic E-state index is 14.1. The Morgan fingerprint density at radius 1 is 1.11 bits per heavy atom. The number of fused-ring (bicyclic) bond motifs is 1. The van der Waals surface area contributed by atoms with Crippen molar-refractivity contribution in [3.8, 4) is 11.1 Å². The van der Waals surface area contributed by atoms with Crippen molar-refractivity contribution in [3.05, 3.63) is 65.3 Å². The summed E-state index contributed by atoms with van der Waals surface area (Å²) >= 11 is 0. The lowest BCUT2D eigenvalue weighted by Gasteiger charge is -2.27. The SMILES string of the molecule is Cc1noc(C)c1-c1ccc2c(c1)nc(C1CCC(=O)N1c1ccc(F)c(F)c1)n2C1CCN(C(=O)O)C1. The maximum absolute atomic E-state index is 14.1. The highest BCUT2D eigenvalue weighted by molar-refractivity contribution is 5.96. The number of carboxylic acid groups (broad SMARTS) is 1. The molecule has 1 N–H and O–H groups in total. The molecule has 0 radical (unpaired) electrons. The molecule has 2 aromatic heterocycles. The molecule has 2 unspecified atom stereocenters. The lowest BCUT2D eigenvalue weighted by Crippen LogP contribution is -2.31. The number of amides is 2. The molecule has 2 fully saturated rings. The molecular formula is C27H25F2N5O4. The summed E-state index contributed by atoms with van der Waals surface area (Å²) in [6, 6.07) is 8.52. The van der Waals surface area contributed by atoms with Crippen LogP contribution in [-0.4, -0.2) is 49.8 Å². The van der Waals surface area contributed by atoms with E-state index in [4.69, 9.17) is 9.51 Å². The minimum atomic E-state index is -1.04. The molecule has 2 aliphatic rings. The average Bonchev–Trinajstić information content (AvgIpc) is 3.65. The van der Waals surface area contributed by atoms with Crippen LogP contribution in [0, 0.1) is 25.5 Å². The third-order valence-electron chi connectivity index (χ3n) is 7.53. The van der Waals surface area contributed by atoms with E-state index >= 15 is 0 Å². The van der Waals surface area contributed by atoms with Crippen molar-refractivity contribution in [2.75, 3.05) is 18.0 Å². The number of imidazole rings is 1. The monoisotopic (exact) mass is 521 g/mol. The molecule has 4 aromatic rings. The van der Waals surface area contributed by atoms with Crippen LogP contribution in [0.15, 0.2) is 40.9 Å². The van der Waals surface area contributed by atoms with E-state index in [2.05, 4.69) is 5.16 Å². The highest BCUT2D eigenvalue weighted by Gasteiger charge is 2.39. The number of aryl methyl sites for hydroxylation is 2. The van der Waals surface area contributed by atoms with Crippen LogP contribution in [0.3, 0.4) is 0 Å². The van der Waals surface area contributed by atoms with Gasteiger partial charge in [0.05, 0.1) is 28.8 Å². The zero-order valence-electron chi connectivity index (χ0n) is 20.8. The van der Waals surface area contributed by atoms with Gasteiger partial charge in [-0.1, -0.05) is 11.2 Å². The minimum Gasteiger partial charge on any atom is -0.465 e. The number of aromatic nitrogens is 3. The first-order valence-electron chi connectivity index (χ1n) is 12.4. The fourth-order valence-corrected chi connectivity index (χ4v) is 5.80. The van der Waals surface area contributed by atoms with Crippen molar-refractivity contribution in [1.82, 2.24) is 19.6 Å². The van der Waals surface area contributed by atoms with E-state index in [-0.39, 0.29) is 30.6 Å². The Labute approximate surface area is 216 Å². The van der Waals surface area contributed by atoms with E-state index in [0.717, 1.165) is 34.5 Å².